The monoisotopic (exact) mass is 271 g/mol. The van der Waals surface area contributed by atoms with Crippen LogP contribution in [0.4, 0.5) is 4.39 Å². The molecular formula is C14H19ClFNO. The van der Waals surface area contributed by atoms with Crippen molar-refractivity contribution in [2.45, 2.75) is 38.3 Å². The zero-order chi connectivity index (χ0) is 13.0. The molecule has 1 aliphatic heterocycles. The first-order chi connectivity index (χ1) is 8.72. The van der Waals surface area contributed by atoms with E-state index in [0.717, 1.165) is 32.4 Å². The molecule has 0 radical (unpaired) electrons. The zero-order valence-electron chi connectivity index (χ0n) is 10.6. The molecule has 1 aromatic rings. The van der Waals surface area contributed by atoms with Crippen LogP contribution in [0.25, 0.3) is 0 Å². The summed E-state index contributed by atoms with van der Waals surface area (Å²) in [6, 6.07) is 4.76. The van der Waals surface area contributed by atoms with E-state index in [2.05, 4.69) is 5.32 Å². The van der Waals surface area contributed by atoms with Crippen LogP contribution in [-0.2, 0) is 4.74 Å². The first kappa shape index (κ1) is 13.8. The molecular weight excluding hydrogens is 253 g/mol. The number of ether oxygens (including phenoxy) is 1. The summed E-state index contributed by atoms with van der Waals surface area (Å²) in [6.45, 7) is 3.57. The van der Waals surface area contributed by atoms with Crippen LogP contribution in [0, 0.1) is 5.82 Å². The van der Waals surface area contributed by atoms with Crippen molar-refractivity contribution in [3.63, 3.8) is 0 Å². The van der Waals surface area contributed by atoms with Gasteiger partial charge < -0.3 is 10.1 Å². The fourth-order valence-electron chi connectivity index (χ4n) is 2.44. The fourth-order valence-corrected chi connectivity index (χ4v) is 2.60. The molecule has 2 atom stereocenters. The highest BCUT2D eigenvalue weighted by Crippen LogP contribution is 2.29. The van der Waals surface area contributed by atoms with E-state index < -0.39 is 0 Å². The average molecular weight is 272 g/mol. The predicted octanol–water partition coefficient (Wildman–Crippen LogP) is 3.70. The summed E-state index contributed by atoms with van der Waals surface area (Å²) >= 11 is 5.79. The lowest BCUT2D eigenvalue weighted by atomic mass is 9.95. The summed E-state index contributed by atoms with van der Waals surface area (Å²) in [7, 11) is 0. The molecule has 4 heteroatoms. The number of likely N-dealkylation sites (N-methyl/N-ethyl adjacent to an activating group) is 1. The topological polar surface area (TPSA) is 21.3 Å². The van der Waals surface area contributed by atoms with Gasteiger partial charge >= 0.3 is 0 Å². The Morgan fingerprint density at radius 2 is 2.33 bits per heavy atom. The molecule has 1 N–H and O–H groups in total. The van der Waals surface area contributed by atoms with E-state index >= 15 is 0 Å². The number of benzene rings is 1. The van der Waals surface area contributed by atoms with Crippen molar-refractivity contribution in [1.82, 2.24) is 5.32 Å². The Balaban J connectivity index is 2.22. The van der Waals surface area contributed by atoms with Gasteiger partial charge in [0, 0.05) is 17.2 Å². The Hall–Kier alpha value is -0.640. The van der Waals surface area contributed by atoms with E-state index in [4.69, 9.17) is 16.3 Å². The molecule has 0 aliphatic carbocycles. The summed E-state index contributed by atoms with van der Waals surface area (Å²) in [6.07, 6.45) is 3.26. The third kappa shape index (κ3) is 3.22. The fraction of sp³-hybridized carbons (Fsp3) is 0.571. The van der Waals surface area contributed by atoms with Gasteiger partial charge in [-0.25, -0.2) is 4.39 Å². The van der Waals surface area contributed by atoms with Crippen LogP contribution in [0.15, 0.2) is 18.2 Å². The second-order valence-corrected chi connectivity index (χ2v) is 5.04. The van der Waals surface area contributed by atoms with Gasteiger partial charge in [-0.3, -0.25) is 0 Å². The van der Waals surface area contributed by atoms with Crippen molar-refractivity contribution in [3.8, 4) is 0 Å². The van der Waals surface area contributed by atoms with E-state index in [1.807, 2.05) is 6.92 Å². The molecule has 1 aliphatic rings. The van der Waals surface area contributed by atoms with Crippen LogP contribution in [-0.4, -0.2) is 19.3 Å². The Labute approximate surface area is 112 Å². The van der Waals surface area contributed by atoms with Crippen LogP contribution >= 0.6 is 11.6 Å². The van der Waals surface area contributed by atoms with E-state index in [-0.39, 0.29) is 18.0 Å². The minimum Gasteiger partial charge on any atom is -0.376 e. The molecule has 0 spiro atoms. The molecule has 2 rings (SSSR count). The van der Waals surface area contributed by atoms with E-state index in [0.29, 0.717) is 10.6 Å². The van der Waals surface area contributed by atoms with Crippen molar-refractivity contribution < 1.29 is 9.13 Å². The first-order valence-electron chi connectivity index (χ1n) is 6.52. The van der Waals surface area contributed by atoms with Gasteiger partial charge in [0.25, 0.3) is 0 Å². The Morgan fingerprint density at radius 3 is 2.94 bits per heavy atom. The second kappa shape index (κ2) is 6.50. The molecule has 1 heterocycles. The number of hydrogen-bond donors (Lipinski definition) is 1. The molecule has 2 nitrogen and oxygen atoms in total. The van der Waals surface area contributed by atoms with Gasteiger partial charge in [-0.15, -0.1) is 0 Å². The summed E-state index contributed by atoms with van der Waals surface area (Å²) in [4.78, 5) is 0. The largest absolute Gasteiger partial charge is 0.376 e. The van der Waals surface area contributed by atoms with Crippen molar-refractivity contribution >= 4 is 11.6 Å². The Kier molecular flexibility index (Phi) is 4.98. The van der Waals surface area contributed by atoms with Crippen molar-refractivity contribution in [1.29, 1.82) is 0 Å². The van der Waals surface area contributed by atoms with Gasteiger partial charge in [-0.2, -0.15) is 0 Å². The quantitative estimate of drug-likeness (QED) is 0.902. The van der Waals surface area contributed by atoms with Gasteiger partial charge in [0.05, 0.1) is 12.1 Å². The lowest BCUT2D eigenvalue weighted by molar-refractivity contribution is -0.00856. The summed E-state index contributed by atoms with van der Waals surface area (Å²) in [5.74, 6) is -0.261. The van der Waals surface area contributed by atoms with Crippen LogP contribution in [0.1, 0.15) is 37.8 Å². The van der Waals surface area contributed by atoms with Gasteiger partial charge in [-0.1, -0.05) is 24.6 Å². The first-order valence-corrected chi connectivity index (χ1v) is 6.90. The maximum absolute atomic E-state index is 14.0. The van der Waals surface area contributed by atoms with Crippen LogP contribution in [0.5, 0.6) is 0 Å². The van der Waals surface area contributed by atoms with Crippen molar-refractivity contribution in [2.24, 2.45) is 0 Å². The lowest BCUT2D eigenvalue weighted by Gasteiger charge is -2.31. The van der Waals surface area contributed by atoms with Gasteiger partial charge in [0.1, 0.15) is 5.82 Å². The Bertz CT molecular complexity index is 393. The molecule has 1 aromatic carbocycles. The molecule has 18 heavy (non-hydrogen) atoms. The SMILES string of the molecule is CCNC(c1ccc(Cl)cc1F)C1CCCCO1. The maximum atomic E-state index is 14.0. The van der Waals surface area contributed by atoms with Crippen LogP contribution < -0.4 is 5.32 Å². The maximum Gasteiger partial charge on any atom is 0.129 e. The van der Waals surface area contributed by atoms with Gasteiger partial charge in [0.15, 0.2) is 0 Å². The molecule has 1 fully saturated rings. The smallest absolute Gasteiger partial charge is 0.129 e. The molecule has 0 bridgehead atoms. The second-order valence-electron chi connectivity index (χ2n) is 4.61. The third-order valence-electron chi connectivity index (χ3n) is 3.31. The highest BCUT2D eigenvalue weighted by molar-refractivity contribution is 6.30. The molecule has 0 aromatic heterocycles. The van der Waals surface area contributed by atoms with Crippen molar-refractivity contribution in [3.05, 3.63) is 34.6 Å². The zero-order valence-corrected chi connectivity index (χ0v) is 11.3. The highest BCUT2D eigenvalue weighted by Gasteiger charge is 2.27. The summed E-state index contributed by atoms with van der Waals surface area (Å²) in [5, 5.41) is 3.75. The summed E-state index contributed by atoms with van der Waals surface area (Å²) in [5.41, 5.74) is 0.646. The number of hydrogen-bond acceptors (Lipinski definition) is 2. The predicted molar refractivity (Wildman–Crippen MR) is 71.4 cm³/mol. The van der Waals surface area contributed by atoms with Gasteiger partial charge in [0.2, 0.25) is 0 Å². The molecule has 100 valence electrons. The van der Waals surface area contributed by atoms with Gasteiger partial charge in [-0.05, 0) is 37.9 Å². The Morgan fingerprint density at radius 1 is 1.50 bits per heavy atom. The molecule has 0 saturated carbocycles. The molecule has 0 amide bonds. The average Bonchev–Trinajstić information content (AvgIpc) is 2.38. The normalized spacial score (nSPS) is 21.8. The third-order valence-corrected chi connectivity index (χ3v) is 3.54. The van der Waals surface area contributed by atoms with Crippen LogP contribution in [0.3, 0.4) is 0 Å². The minimum absolute atomic E-state index is 0.0503. The number of nitrogens with one attached hydrogen (secondary N) is 1. The van der Waals surface area contributed by atoms with E-state index in [1.165, 1.54) is 6.07 Å². The summed E-state index contributed by atoms with van der Waals surface area (Å²) < 4.78 is 19.8. The number of halogens is 2. The van der Waals surface area contributed by atoms with E-state index in [9.17, 15) is 4.39 Å². The highest BCUT2D eigenvalue weighted by atomic mass is 35.5. The standard InChI is InChI=1S/C14H19ClFNO/c1-2-17-14(13-5-3-4-8-18-13)11-7-6-10(15)9-12(11)16/h6-7,9,13-14,17H,2-5,8H2,1H3. The number of rotatable bonds is 4. The lowest BCUT2D eigenvalue weighted by Crippen LogP contribution is -2.36. The molecule has 2 unspecified atom stereocenters. The molecule has 1 saturated heterocycles. The van der Waals surface area contributed by atoms with Crippen LogP contribution in [0.2, 0.25) is 5.02 Å². The minimum atomic E-state index is -0.261. The van der Waals surface area contributed by atoms with Crippen molar-refractivity contribution in [2.75, 3.05) is 13.2 Å². The van der Waals surface area contributed by atoms with E-state index in [1.54, 1.807) is 12.1 Å².